The van der Waals surface area contributed by atoms with Crippen LogP contribution in [0.4, 0.5) is 10.5 Å². The fourth-order valence-electron chi connectivity index (χ4n) is 4.57. The minimum Gasteiger partial charge on any atom is -0.493 e. The third-order valence-electron chi connectivity index (χ3n) is 6.29. The van der Waals surface area contributed by atoms with Gasteiger partial charge in [0.1, 0.15) is 5.75 Å². The van der Waals surface area contributed by atoms with Crippen molar-refractivity contribution in [1.29, 1.82) is 0 Å². The van der Waals surface area contributed by atoms with Crippen LogP contribution >= 0.6 is 0 Å². The minimum atomic E-state index is -0.0399. The van der Waals surface area contributed by atoms with Crippen molar-refractivity contribution in [1.82, 2.24) is 9.80 Å². The molecule has 0 bridgehead atoms. The molecule has 0 spiro atoms. The molecule has 29 heavy (non-hydrogen) atoms. The van der Waals surface area contributed by atoms with E-state index in [1.54, 1.807) is 0 Å². The van der Waals surface area contributed by atoms with Gasteiger partial charge in [0.2, 0.25) is 0 Å². The summed E-state index contributed by atoms with van der Waals surface area (Å²) in [5, 5.41) is 3.09. The molecule has 3 aliphatic heterocycles. The van der Waals surface area contributed by atoms with Crippen LogP contribution in [0.3, 0.4) is 0 Å². The summed E-state index contributed by atoms with van der Waals surface area (Å²) in [6, 6.07) is 14.6. The number of fused-ring (bicyclic) bond motifs is 2. The molecule has 2 amide bonds. The van der Waals surface area contributed by atoms with Gasteiger partial charge in [0.25, 0.3) is 0 Å². The smallest absolute Gasteiger partial charge is 0.321 e. The Morgan fingerprint density at radius 3 is 2.93 bits per heavy atom. The highest BCUT2D eigenvalue weighted by molar-refractivity contribution is 5.90. The van der Waals surface area contributed by atoms with E-state index in [4.69, 9.17) is 9.47 Å². The Morgan fingerprint density at radius 1 is 1.10 bits per heavy atom. The Kier molecular flexibility index (Phi) is 4.89. The first-order valence-electron chi connectivity index (χ1n) is 10.4. The zero-order chi connectivity index (χ0) is 19.8. The Labute approximate surface area is 171 Å². The number of anilines is 1. The van der Waals surface area contributed by atoms with E-state index in [0.29, 0.717) is 6.54 Å². The number of morpholine rings is 1. The van der Waals surface area contributed by atoms with E-state index < -0.39 is 0 Å². The number of hydrogen-bond donors (Lipinski definition) is 1. The van der Waals surface area contributed by atoms with Gasteiger partial charge in [-0.2, -0.15) is 0 Å². The summed E-state index contributed by atoms with van der Waals surface area (Å²) in [7, 11) is 2.12. The van der Waals surface area contributed by atoms with Crippen molar-refractivity contribution >= 4 is 11.7 Å². The summed E-state index contributed by atoms with van der Waals surface area (Å²) < 4.78 is 11.5. The molecule has 5 rings (SSSR count). The number of hydrogen-bond acceptors (Lipinski definition) is 4. The van der Waals surface area contributed by atoms with Gasteiger partial charge in [0.15, 0.2) is 0 Å². The van der Waals surface area contributed by atoms with E-state index in [-0.39, 0.29) is 18.2 Å². The van der Waals surface area contributed by atoms with Crippen molar-refractivity contribution in [3.8, 4) is 16.9 Å². The molecule has 6 heteroatoms. The number of benzene rings is 2. The zero-order valence-electron chi connectivity index (χ0n) is 16.8. The van der Waals surface area contributed by atoms with Gasteiger partial charge >= 0.3 is 6.03 Å². The number of carbonyl (C=O) groups excluding carboxylic acids is 1. The summed E-state index contributed by atoms with van der Waals surface area (Å²) in [6.07, 6.45) is 2.08. The van der Waals surface area contributed by atoms with Gasteiger partial charge in [0, 0.05) is 31.7 Å². The van der Waals surface area contributed by atoms with Crippen LogP contribution in [0.25, 0.3) is 11.1 Å². The average molecular weight is 393 g/mol. The summed E-state index contributed by atoms with van der Waals surface area (Å²) in [5.41, 5.74) is 4.31. The molecule has 0 radical (unpaired) electrons. The lowest BCUT2D eigenvalue weighted by Crippen LogP contribution is -2.60. The third kappa shape index (κ3) is 3.70. The first-order valence-corrected chi connectivity index (χ1v) is 10.4. The van der Waals surface area contributed by atoms with E-state index in [1.165, 1.54) is 5.56 Å². The molecule has 6 nitrogen and oxygen atoms in total. The second-order valence-corrected chi connectivity index (χ2v) is 8.12. The third-order valence-corrected chi connectivity index (χ3v) is 6.29. The second-order valence-electron chi connectivity index (χ2n) is 8.12. The normalized spacial score (nSPS) is 23.8. The minimum absolute atomic E-state index is 0.0399. The van der Waals surface area contributed by atoms with Gasteiger partial charge in [0.05, 0.1) is 25.4 Å². The fourth-order valence-corrected chi connectivity index (χ4v) is 4.57. The maximum absolute atomic E-state index is 12.9. The summed E-state index contributed by atoms with van der Waals surface area (Å²) in [6.45, 7) is 3.89. The van der Waals surface area contributed by atoms with Crippen molar-refractivity contribution in [2.75, 3.05) is 45.2 Å². The van der Waals surface area contributed by atoms with Crippen molar-refractivity contribution in [3.05, 3.63) is 48.0 Å². The van der Waals surface area contributed by atoms with Crippen molar-refractivity contribution in [3.63, 3.8) is 0 Å². The maximum atomic E-state index is 12.9. The number of amides is 2. The predicted molar refractivity (Wildman–Crippen MR) is 112 cm³/mol. The second kappa shape index (κ2) is 7.69. The number of ether oxygens (including phenoxy) is 2. The number of carbonyl (C=O) groups is 1. The molecule has 2 aromatic carbocycles. The first kappa shape index (κ1) is 18.5. The van der Waals surface area contributed by atoms with Gasteiger partial charge in [-0.25, -0.2) is 4.79 Å². The van der Waals surface area contributed by atoms with Gasteiger partial charge in [-0.3, -0.25) is 4.90 Å². The van der Waals surface area contributed by atoms with Crippen LogP contribution in [0.5, 0.6) is 5.75 Å². The molecule has 152 valence electrons. The average Bonchev–Trinajstić information content (AvgIpc) is 3.22. The number of nitrogens with one attached hydrogen (secondary N) is 1. The quantitative estimate of drug-likeness (QED) is 0.851. The number of nitrogens with zero attached hydrogens (tertiary/aromatic N) is 2. The Balaban J connectivity index is 1.28. The highest BCUT2D eigenvalue weighted by atomic mass is 16.5. The van der Waals surface area contributed by atoms with Crippen LogP contribution in [0.1, 0.15) is 12.0 Å². The Bertz CT molecular complexity index is 916. The first-order chi connectivity index (χ1) is 14.2. The van der Waals surface area contributed by atoms with E-state index in [1.807, 2.05) is 29.2 Å². The van der Waals surface area contributed by atoms with E-state index in [0.717, 1.165) is 61.7 Å². The number of piperidine rings is 1. The van der Waals surface area contributed by atoms with Crippen LogP contribution < -0.4 is 10.1 Å². The molecule has 2 aromatic rings. The SMILES string of the molecule is CN1CCO[C@H]2CCN(C(=O)Nc3cccc(-c4ccc5c(c4)CCO5)c3)C[C@H]21. The van der Waals surface area contributed by atoms with Crippen LogP contribution in [0.2, 0.25) is 0 Å². The van der Waals surface area contributed by atoms with Gasteiger partial charge in [-0.1, -0.05) is 18.2 Å². The van der Waals surface area contributed by atoms with Crippen molar-refractivity contribution in [2.45, 2.75) is 25.0 Å². The predicted octanol–water partition coefficient (Wildman–Crippen LogP) is 3.23. The lowest BCUT2D eigenvalue weighted by atomic mass is 9.99. The Morgan fingerprint density at radius 2 is 2.00 bits per heavy atom. The summed E-state index contributed by atoms with van der Waals surface area (Å²) in [4.78, 5) is 17.1. The molecule has 1 N–H and O–H groups in total. The lowest BCUT2D eigenvalue weighted by Gasteiger charge is -2.45. The topological polar surface area (TPSA) is 54.0 Å². The van der Waals surface area contributed by atoms with Gasteiger partial charge in [-0.15, -0.1) is 0 Å². The van der Waals surface area contributed by atoms with E-state index in [2.05, 4.69) is 35.5 Å². The zero-order valence-corrected chi connectivity index (χ0v) is 16.8. The standard InChI is InChI=1S/C23H27N3O3/c1-25-10-12-29-22-7-9-26(15-20(22)25)23(27)24-19-4-2-3-16(14-19)17-5-6-21-18(13-17)8-11-28-21/h2-6,13-14,20,22H,7-12,15H2,1H3,(H,24,27)/t20-,22+/m1/s1. The summed E-state index contributed by atoms with van der Waals surface area (Å²) in [5.74, 6) is 0.985. The highest BCUT2D eigenvalue weighted by Gasteiger charge is 2.36. The van der Waals surface area contributed by atoms with Crippen molar-refractivity contribution < 1.29 is 14.3 Å². The molecule has 2 fully saturated rings. The van der Waals surface area contributed by atoms with Gasteiger partial charge < -0.3 is 19.7 Å². The van der Waals surface area contributed by atoms with Gasteiger partial charge in [-0.05, 0) is 54.4 Å². The molecule has 0 aliphatic carbocycles. The largest absolute Gasteiger partial charge is 0.493 e. The molecule has 2 saturated heterocycles. The molecular weight excluding hydrogens is 366 g/mol. The van der Waals surface area contributed by atoms with Crippen LogP contribution in [-0.4, -0.2) is 67.9 Å². The molecule has 0 saturated carbocycles. The highest BCUT2D eigenvalue weighted by Crippen LogP contribution is 2.31. The molecule has 0 unspecified atom stereocenters. The lowest BCUT2D eigenvalue weighted by molar-refractivity contribution is -0.0875. The molecule has 2 atom stereocenters. The summed E-state index contributed by atoms with van der Waals surface area (Å²) >= 11 is 0. The number of likely N-dealkylation sites (tertiary alicyclic amines) is 1. The Hall–Kier alpha value is -2.57. The molecular formula is C23H27N3O3. The molecule has 0 aromatic heterocycles. The van der Waals surface area contributed by atoms with Crippen molar-refractivity contribution in [2.24, 2.45) is 0 Å². The molecule has 3 aliphatic rings. The number of likely N-dealkylation sites (N-methyl/N-ethyl adjacent to an activating group) is 1. The molecule has 3 heterocycles. The van der Waals surface area contributed by atoms with E-state index >= 15 is 0 Å². The van der Waals surface area contributed by atoms with Crippen LogP contribution in [-0.2, 0) is 11.2 Å². The fraction of sp³-hybridized carbons (Fsp3) is 0.435. The number of rotatable bonds is 2. The monoisotopic (exact) mass is 393 g/mol. The van der Waals surface area contributed by atoms with E-state index in [9.17, 15) is 4.79 Å². The van der Waals surface area contributed by atoms with Crippen LogP contribution in [0.15, 0.2) is 42.5 Å². The number of urea groups is 1. The van der Waals surface area contributed by atoms with Crippen LogP contribution in [0, 0.1) is 0 Å². The maximum Gasteiger partial charge on any atom is 0.321 e.